The predicted molar refractivity (Wildman–Crippen MR) is 71.2 cm³/mol. The third kappa shape index (κ3) is 2.79. The van der Waals surface area contributed by atoms with Crippen LogP contribution in [0.2, 0.25) is 0 Å². The molecule has 2 rings (SSSR count). The van der Waals surface area contributed by atoms with Crippen LogP contribution in [0, 0.1) is 0 Å². The lowest BCUT2D eigenvalue weighted by molar-refractivity contribution is -0.115. The molecule has 0 spiro atoms. The zero-order chi connectivity index (χ0) is 12.3. The number of hydrogen-bond acceptors (Lipinski definition) is 3. The van der Waals surface area contributed by atoms with Gasteiger partial charge in [-0.25, -0.2) is 0 Å². The molecule has 0 bridgehead atoms. The van der Waals surface area contributed by atoms with E-state index in [2.05, 4.69) is 31.2 Å². The first-order chi connectivity index (χ1) is 8.20. The maximum atomic E-state index is 11.7. The summed E-state index contributed by atoms with van der Waals surface area (Å²) in [5.74, 6) is -0.0456. The summed E-state index contributed by atoms with van der Waals surface area (Å²) in [4.78, 5) is 19.9. The van der Waals surface area contributed by atoms with E-state index < -0.39 is 0 Å². The molecular formula is C12H12BrN3O. The van der Waals surface area contributed by atoms with Crippen molar-refractivity contribution >= 4 is 38.6 Å². The molecule has 0 saturated heterocycles. The van der Waals surface area contributed by atoms with Crippen molar-refractivity contribution in [1.82, 2.24) is 9.97 Å². The number of aromatic nitrogens is 2. The van der Waals surface area contributed by atoms with E-state index in [-0.39, 0.29) is 10.7 Å². The maximum Gasteiger partial charge on any atom is 0.238 e. The van der Waals surface area contributed by atoms with Crippen LogP contribution in [0.5, 0.6) is 0 Å². The summed E-state index contributed by atoms with van der Waals surface area (Å²) in [5, 5.41) is 2.83. The molecule has 17 heavy (non-hydrogen) atoms. The van der Waals surface area contributed by atoms with Gasteiger partial charge in [-0.3, -0.25) is 14.8 Å². The Morgan fingerprint density at radius 3 is 2.76 bits per heavy atom. The van der Waals surface area contributed by atoms with Gasteiger partial charge in [0.2, 0.25) is 5.91 Å². The van der Waals surface area contributed by atoms with Crippen LogP contribution < -0.4 is 5.32 Å². The molecule has 5 heteroatoms. The van der Waals surface area contributed by atoms with Gasteiger partial charge in [0.05, 0.1) is 15.9 Å². The van der Waals surface area contributed by atoms with E-state index in [4.69, 9.17) is 0 Å². The number of hydrogen-bond donors (Lipinski definition) is 1. The van der Waals surface area contributed by atoms with Crippen LogP contribution in [0.4, 0.5) is 5.69 Å². The normalized spacial score (nSPS) is 12.4. The van der Waals surface area contributed by atoms with Crippen molar-refractivity contribution in [3.05, 3.63) is 30.6 Å². The molecule has 0 saturated carbocycles. The highest BCUT2D eigenvalue weighted by atomic mass is 79.9. The molecule has 4 nitrogen and oxygen atoms in total. The fourth-order valence-electron chi connectivity index (χ4n) is 1.45. The van der Waals surface area contributed by atoms with Crippen LogP contribution >= 0.6 is 15.9 Å². The van der Waals surface area contributed by atoms with E-state index in [1.165, 1.54) is 0 Å². The summed E-state index contributed by atoms with van der Waals surface area (Å²) in [5.41, 5.74) is 2.32. The first kappa shape index (κ1) is 12.0. The molecule has 1 N–H and O–H groups in total. The van der Waals surface area contributed by atoms with E-state index >= 15 is 0 Å². The maximum absolute atomic E-state index is 11.7. The molecule has 0 aliphatic heterocycles. The zero-order valence-electron chi connectivity index (χ0n) is 9.35. The topological polar surface area (TPSA) is 54.9 Å². The number of amides is 1. The molecular weight excluding hydrogens is 282 g/mol. The van der Waals surface area contributed by atoms with Crippen LogP contribution in [0.25, 0.3) is 11.0 Å². The van der Waals surface area contributed by atoms with Crippen LogP contribution in [0.1, 0.15) is 13.3 Å². The van der Waals surface area contributed by atoms with Crippen molar-refractivity contribution in [1.29, 1.82) is 0 Å². The smallest absolute Gasteiger partial charge is 0.238 e. The molecule has 1 atom stereocenters. The van der Waals surface area contributed by atoms with Gasteiger partial charge in [-0.15, -0.1) is 0 Å². The van der Waals surface area contributed by atoms with E-state index in [0.717, 1.165) is 23.1 Å². The Hall–Kier alpha value is -1.49. The third-order valence-corrected chi connectivity index (χ3v) is 3.44. The number of rotatable bonds is 3. The molecule has 1 aromatic heterocycles. The summed E-state index contributed by atoms with van der Waals surface area (Å²) in [6.07, 6.45) is 4.03. The number of carbonyl (C=O) groups is 1. The molecule has 2 aromatic rings. The quantitative estimate of drug-likeness (QED) is 0.886. The minimum Gasteiger partial charge on any atom is -0.325 e. The van der Waals surface area contributed by atoms with Crippen LogP contribution in [0.3, 0.4) is 0 Å². The van der Waals surface area contributed by atoms with E-state index in [0.29, 0.717) is 0 Å². The molecule has 1 unspecified atom stereocenters. The Balaban J connectivity index is 2.22. The molecule has 1 amide bonds. The van der Waals surface area contributed by atoms with Gasteiger partial charge in [0.1, 0.15) is 0 Å². The lowest BCUT2D eigenvalue weighted by Gasteiger charge is -2.08. The number of nitrogens with zero attached hydrogens (tertiary/aromatic N) is 2. The molecule has 0 radical (unpaired) electrons. The highest BCUT2D eigenvalue weighted by Crippen LogP contribution is 2.16. The summed E-state index contributed by atoms with van der Waals surface area (Å²) in [7, 11) is 0. The van der Waals surface area contributed by atoms with Crippen molar-refractivity contribution < 1.29 is 4.79 Å². The van der Waals surface area contributed by atoms with Crippen LogP contribution in [0.15, 0.2) is 30.6 Å². The number of nitrogens with one attached hydrogen (secondary N) is 1. The van der Waals surface area contributed by atoms with Gasteiger partial charge in [-0.05, 0) is 24.6 Å². The van der Waals surface area contributed by atoms with Crippen molar-refractivity contribution in [2.24, 2.45) is 0 Å². The number of alkyl halides is 1. The van der Waals surface area contributed by atoms with Crippen molar-refractivity contribution in [3.63, 3.8) is 0 Å². The van der Waals surface area contributed by atoms with E-state index in [9.17, 15) is 4.79 Å². The minimum atomic E-state index is -0.167. The fourth-order valence-corrected chi connectivity index (χ4v) is 1.56. The number of carbonyl (C=O) groups excluding carboxylic acids is 1. The third-order valence-electron chi connectivity index (χ3n) is 2.38. The van der Waals surface area contributed by atoms with Crippen LogP contribution in [-0.2, 0) is 4.79 Å². The highest BCUT2D eigenvalue weighted by Gasteiger charge is 2.12. The summed E-state index contributed by atoms with van der Waals surface area (Å²) in [6, 6.07) is 5.48. The lowest BCUT2D eigenvalue weighted by atomic mass is 10.2. The van der Waals surface area contributed by atoms with Gasteiger partial charge in [0, 0.05) is 18.1 Å². The Bertz CT molecular complexity index is 544. The first-order valence-corrected chi connectivity index (χ1v) is 6.28. The average molecular weight is 294 g/mol. The van der Waals surface area contributed by atoms with Gasteiger partial charge in [0.15, 0.2) is 0 Å². The molecule has 0 fully saturated rings. The molecule has 0 aliphatic carbocycles. The number of fused-ring (bicyclic) bond motifs is 1. The second-order valence-electron chi connectivity index (χ2n) is 3.62. The van der Waals surface area contributed by atoms with Crippen molar-refractivity contribution in [2.45, 2.75) is 18.2 Å². The molecule has 88 valence electrons. The Morgan fingerprint density at radius 1 is 1.35 bits per heavy atom. The molecule has 1 heterocycles. The molecule has 0 aliphatic rings. The second kappa shape index (κ2) is 5.23. The Kier molecular flexibility index (Phi) is 3.68. The highest BCUT2D eigenvalue weighted by molar-refractivity contribution is 9.10. The average Bonchev–Trinajstić information content (AvgIpc) is 2.37. The summed E-state index contributed by atoms with van der Waals surface area (Å²) in [6.45, 7) is 1.95. The predicted octanol–water partition coefficient (Wildman–Crippen LogP) is 2.74. The zero-order valence-corrected chi connectivity index (χ0v) is 10.9. The fraction of sp³-hybridized carbons (Fsp3) is 0.250. The largest absolute Gasteiger partial charge is 0.325 e. The number of halogens is 1. The van der Waals surface area contributed by atoms with E-state index in [1.54, 1.807) is 12.4 Å². The Morgan fingerprint density at radius 2 is 2.06 bits per heavy atom. The van der Waals surface area contributed by atoms with Gasteiger partial charge < -0.3 is 5.32 Å². The second-order valence-corrected chi connectivity index (χ2v) is 4.73. The monoisotopic (exact) mass is 293 g/mol. The first-order valence-electron chi connectivity index (χ1n) is 5.36. The lowest BCUT2D eigenvalue weighted by Crippen LogP contribution is -2.21. The van der Waals surface area contributed by atoms with Crippen molar-refractivity contribution in [2.75, 3.05) is 5.32 Å². The van der Waals surface area contributed by atoms with E-state index in [1.807, 2.05) is 25.1 Å². The number of anilines is 1. The standard InChI is InChI=1S/C12H12BrN3O/c1-2-9(13)12(17)16-8-3-4-10-11(7-8)15-6-5-14-10/h3-7,9H,2H2,1H3,(H,16,17). The van der Waals surface area contributed by atoms with Crippen molar-refractivity contribution in [3.8, 4) is 0 Å². The van der Waals surface area contributed by atoms with Gasteiger partial charge >= 0.3 is 0 Å². The van der Waals surface area contributed by atoms with Gasteiger partial charge in [-0.2, -0.15) is 0 Å². The van der Waals surface area contributed by atoms with Gasteiger partial charge in [0.25, 0.3) is 0 Å². The SMILES string of the molecule is CCC(Br)C(=O)Nc1ccc2nccnc2c1. The Labute approximate surface area is 108 Å². The van der Waals surface area contributed by atoms with Gasteiger partial charge in [-0.1, -0.05) is 22.9 Å². The summed E-state index contributed by atoms with van der Waals surface area (Å²) < 4.78 is 0. The minimum absolute atomic E-state index is 0.0456. The number of benzene rings is 1. The summed E-state index contributed by atoms with van der Waals surface area (Å²) >= 11 is 3.31. The molecule has 1 aromatic carbocycles. The van der Waals surface area contributed by atoms with Crippen LogP contribution in [-0.4, -0.2) is 20.7 Å².